The van der Waals surface area contributed by atoms with Gasteiger partial charge in [-0.1, -0.05) is 18.2 Å². The van der Waals surface area contributed by atoms with Gasteiger partial charge >= 0.3 is 5.97 Å². The predicted molar refractivity (Wildman–Crippen MR) is 126 cm³/mol. The molecule has 1 N–H and O–H groups in total. The van der Waals surface area contributed by atoms with Crippen molar-refractivity contribution in [1.29, 1.82) is 0 Å². The van der Waals surface area contributed by atoms with Crippen LogP contribution in [0.5, 0.6) is 0 Å². The number of Topliss-reactive ketones (excluding diaryl/α,β-unsaturated/α-hetero) is 1. The number of amides is 2. The maximum absolute atomic E-state index is 12.5. The van der Waals surface area contributed by atoms with E-state index in [1.54, 1.807) is 18.3 Å². The second kappa shape index (κ2) is 12.3. The van der Waals surface area contributed by atoms with Crippen LogP contribution in [-0.4, -0.2) is 48.2 Å². The first-order valence-corrected chi connectivity index (χ1v) is 12.2. The van der Waals surface area contributed by atoms with E-state index in [9.17, 15) is 19.2 Å². The highest BCUT2D eigenvalue weighted by Gasteiger charge is 2.19. The molecule has 0 bridgehead atoms. The number of hydrogen-bond acceptors (Lipinski definition) is 6. The van der Waals surface area contributed by atoms with Gasteiger partial charge in [-0.2, -0.15) is 0 Å². The number of aryl methyl sites for hydroxylation is 2. The third kappa shape index (κ3) is 7.53. The maximum atomic E-state index is 12.5. The molecule has 7 nitrogen and oxygen atoms in total. The summed E-state index contributed by atoms with van der Waals surface area (Å²) < 4.78 is 5.05. The molecule has 0 saturated carbocycles. The van der Waals surface area contributed by atoms with Crippen molar-refractivity contribution in [1.82, 2.24) is 10.2 Å². The summed E-state index contributed by atoms with van der Waals surface area (Å²) in [5.74, 6) is -1.43. The molecule has 0 unspecified atom stereocenters. The lowest BCUT2D eigenvalue weighted by Gasteiger charge is -2.20. The fraction of sp³-hybridized carbons (Fsp3) is 0.440. The summed E-state index contributed by atoms with van der Waals surface area (Å²) in [4.78, 5) is 51.3. The summed E-state index contributed by atoms with van der Waals surface area (Å²) in [5, 5.41) is 4.70. The van der Waals surface area contributed by atoms with Crippen molar-refractivity contribution in [2.75, 3.05) is 19.7 Å². The van der Waals surface area contributed by atoms with Crippen LogP contribution in [0.3, 0.4) is 0 Å². The molecule has 1 aromatic heterocycles. The molecule has 33 heavy (non-hydrogen) atoms. The first-order valence-electron chi connectivity index (χ1n) is 11.3. The summed E-state index contributed by atoms with van der Waals surface area (Å²) >= 11 is 1.54. The van der Waals surface area contributed by atoms with Crippen LogP contribution < -0.4 is 5.32 Å². The summed E-state index contributed by atoms with van der Waals surface area (Å²) in [6, 6.07) is 9.60. The molecule has 1 aliphatic rings. The molecular formula is C25H30N2O5S. The molecule has 176 valence electrons. The average Bonchev–Trinajstić information content (AvgIpc) is 3.36. The lowest BCUT2D eigenvalue weighted by atomic mass is 9.89. The highest BCUT2D eigenvalue weighted by atomic mass is 32.1. The van der Waals surface area contributed by atoms with Gasteiger partial charge < -0.3 is 15.0 Å². The van der Waals surface area contributed by atoms with Gasteiger partial charge in [0.2, 0.25) is 5.91 Å². The van der Waals surface area contributed by atoms with Crippen LogP contribution in [0.25, 0.3) is 0 Å². The highest BCUT2D eigenvalue weighted by molar-refractivity contribution is 7.09. The van der Waals surface area contributed by atoms with E-state index >= 15 is 0 Å². The Labute approximate surface area is 198 Å². The van der Waals surface area contributed by atoms with Crippen molar-refractivity contribution in [3.05, 3.63) is 57.3 Å². The van der Waals surface area contributed by atoms with Crippen LogP contribution >= 0.6 is 11.3 Å². The van der Waals surface area contributed by atoms with E-state index in [-0.39, 0.29) is 31.1 Å². The van der Waals surface area contributed by atoms with Crippen LogP contribution in [0, 0.1) is 0 Å². The van der Waals surface area contributed by atoms with E-state index in [1.165, 1.54) is 22.4 Å². The minimum absolute atomic E-state index is 0.0361. The number of likely N-dealkylation sites (N-methyl/N-ethyl adjacent to an activating group) is 1. The van der Waals surface area contributed by atoms with Gasteiger partial charge in [0.1, 0.15) is 0 Å². The molecule has 1 aromatic carbocycles. The summed E-state index contributed by atoms with van der Waals surface area (Å²) in [5.41, 5.74) is 3.14. The molecule has 2 amide bonds. The van der Waals surface area contributed by atoms with Gasteiger partial charge in [0, 0.05) is 23.4 Å². The third-order valence-electron chi connectivity index (χ3n) is 5.69. The first-order chi connectivity index (χ1) is 16.0. The first kappa shape index (κ1) is 24.6. The number of ether oxygens (including phenoxy) is 1. The van der Waals surface area contributed by atoms with Gasteiger partial charge in [0.15, 0.2) is 12.4 Å². The summed E-state index contributed by atoms with van der Waals surface area (Å²) in [7, 11) is 0. The minimum atomic E-state index is -0.604. The molecule has 0 spiro atoms. The molecule has 3 rings (SSSR count). The Morgan fingerprint density at radius 1 is 1.06 bits per heavy atom. The van der Waals surface area contributed by atoms with E-state index < -0.39 is 18.5 Å². The summed E-state index contributed by atoms with van der Waals surface area (Å²) in [6.45, 7) is 1.94. The van der Waals surface area contributed by atoms with Crippen LogP contribution in [0.4, 0.5) is 0 Å². The average molecular weight is 471 g/mol. The fourth-order valence-corrected chi connectivity index (χ4v) is 4.42. The second-order valence-corrected chi connectivity index (χ2v) is 9.07. The highest BCUT2D eigenvalue weighted by Crippen LogP contribution is 2.23. The number of carbonyl (C=O) groups excluding carboxylic acids is 4. The van der Waals surface area contributed by atoms with E-state index in [0.29, 0.717) is 18.7 Å². The van der Waals surface area contributed by atoms with Crippen LogP contribution in [0.2, 0.25) is 0 Å². The van der Waals surface area contributed by atoms with Gasteiger partial charge in [-0.25, -0.2) is 0 Å². The number of thiophene rings is 1. The third-order valence-corrected chi connectivity index (χ3v) is 6.57. The normalized spacial score (nSPS) is 12.5. The van der Waals surface area contributed by atoms with Crippen molar-refractivity contribution >= 4 is 34.9 Å². The van der Waals surface area contributed by atoms with Gasteiger partial charge in [0.25, 0.3) is 5.91 Å². The van der Waals surface area contributed by atoms with Crippen molar-refractivity contribution in [3.8, 4) is 0 Å². The summed E-state index contributed by atoms with van der Waals surface area (Å²) in [6.07, 6.45) is 4.30. The van der Waals surface area contributed by atoms with Gasteiger partial charge in [0.05, 0.1) is 19.5 Å². The predicted octanol–water partition coefficient (Wildman–Crippen LogP) is 3.30. The Bertz CT molecular complexity index is 987. The molecule has 0 atom stereocenters. The van der Waals surface area contributed by atoms with Crippen LogP contribution in [0.1, 0.15) is 59.0 Å². The number of nitrogens with one attached hydrogen (secondary N) is 1. The van der Waals surface area contributed by atoms with Gasteiger partial charge in [-0.15, -0.1) is 11.3 Å². The number of rotatable bonds is 11. The smallest absolute Gasteiger partial charge is 0.306 e. The zero-order valence-corrected chi connectivity index (χ0v) is 19.7. The van der Waals surface area contributed by atoms with E-state index in [4.69, 9.17) is 4.74 Å². The number of benzene rings is 1. The molecule has 0 fully saturated rings. The molecule has 1 aliphatic carbocycles. The molecule has 0 aliphatic heterocycles. The van der Waals surface area contributed by atoms with Gasteiger partial charge in [-0.05, 0) is 61.2 Å². The number of nitrogens with zero attached hydrogens (tertiary/aromatic N) is 1. The Morgan fingerprint density at radius 3 is 2.58 bits per heavy atom. The fourth-order valence-electron chi connectivity index (χ4n) is 3.78. The van der Waals surface area contributed by atoms with Crippen molar-refractivity contribution in [3.63, 3.8) is 0 Å². The number of hydrogen-bond donors (Lipinski definition) is 1. The molecule has 0 radical (unpaired) electrons. The topological polar surface area (TPSA) is 92.8 Å². The number of fused-ring (bicyclic) bond motifs is 1. The Morgan fingerprint density at radius 2 is 1.85 bits per heavy atom. The lowest BCUT2D eigenvalue weighted by molar-refractivity contribution is -0.152. The largest absolute Gasteiger partial charge is 0.456 e. The van der Waals surface area contributed by atoms with Crippen LogP contribution in [-0.2, 0) is 38.5 Å². The van der Waals surface area contributed by atoms with E-state index in [0.717, 1.165) is 24.1 Å². The Balaban J connectivity index is 1.38. The van der Waals surface area contributed by atoms with E-state index in [1.807, 2.05) is 35.7 Å². The van der Waals surface area contributed by atoms with Crippen molar-refractivity contribution < 1.29 is 23.9 Å². The van der Waals surface area contributed by atoms with Crippen molar-refractivity contribution in [2.24, 2.45) is 0 Å². The lowest BCUT2D eigenvalue weighted by Crippen LogP contribution is -2.42. The number of carbonyl (C=O) groups is 4. The minimum Gasteiger partial charge on any atom is -0.456 e. The zero-order chi connectivity index (χ0) is 23.6. The molecule has 2 aromatic rings. The quantitative estimate of drug-likeness (QED) is 0.402. The Hall–Kier alpha value is -3.00. The maximum Gasteiger partial charge on any atom is 0.306 e. The second-order valence-electron chi connectivity index (χ2n) is 8.04. The molecular weight excluding hydrogens is 440 g/mol. The van der Waals surface area contributed by atoms with Gasteiger partial charge in [-0.3, -0.25) is 19.2 Å². The standard InChI is InChI=1S/C25H30N2O5S/c1-2-27(16-23(29)26-15-21-8-5-13-33-21)24(30)17-32-25(31)12-11-22(28)20-10-9-18-6-3-4-7-19(18)14-20/h5,8-10,13-14H,2-4,6-7,11-12,15-17H2,1H3,(H,26,29). The Kier molecular flexibility index (Phi) is 9.18. The number of esters is 1. The van der Waals surface area contributed by atoms with Crippen LogP contribution in [0.15, 0.2) is 35.7 Å². The number of ketones is 1. The molecule has 1 heterocycles. The zero-order valence-electron chi connectivity index (χ0n) is 18.9. The molecule has 0 saturated heterocycles. The molecule has 8 heteroatoms. The van der Waals surface area contributed by atoms with Crippen molar-refractivity contribution in [2.45, 2.75) is 52.0 Å². The SMILES string of the molecule is CCN(CC(=O)NCc1cccs1)C(=O)COC(=O)CCC(=O)c1ccc2c(c1)CCCC2. The van der Waals surface area contributed by atoms with E-state index in [2.05, 4.69) is 5.32 Å². The monoisotopic (exact) mass is 470 g/mol.